The Hall–Kier alpha value is -4.43. The van der Waals surface area contributed by atoms with Gasteiger partial charge in [0.1, 0.15) is 5.76 Å². The highest BCUT2D eigenvalue weighted by atomic mass is 35.5. The fourth-order valence-corrected chi connectivity index (χ4v) is 3.24. The molecule has 4 aromatic rings. The van der Waals surface area contributed by atoms with Gasteiger partial charge in [0, 0.05) is 39.7 Å². The van der Waals surface area contributed by atoms with E-state index in [9.17, 15) is 19.7 Å². The molecule has 0 fully saturated rings. The van der Waals surface area contributed by atoms with Crippen LogP contribution in [0.1, 0.15) is 20.9 Å². The van der Waals surface area contributed by atoms with E-state index in [2.05, 4.69) is 10.6 Å². The number of amides is 2. The topological polar surface area (TPSA) is 114 Å². The molecule has 0 radical (unpaired) electrons. The van der Waals surface area contributed by atoms with Crippen molar-refractivity contribution in [2.24, 2.45) is 0 Å². The zero-order valence-corrected chi connectivity index (χ0v) is 17.7. The number of nitro benzene ring substituents is 1. The molecular formula is C24H16ClN3O5. The number of rotatable bonds is 6. The predicted octanol–water partition coefficient (Wildman–Crippen LogP) is 6.01. The summed E-state index contributed by atoms with van der Waals surface area (Å²) in [6.07, 6.45) is 0. The first-order valence-corrected chi connectivity index (χ1v) is 10.1. The van der Waals surface area contributed by atoms with Crippen molar-refractivity contribution < 1.29 is 18.9 Å². The fraction of sp³-hybridized carbons (Fsp3) is 0. The molecule has 0 saturated heterocycles. The number of carbonyl (C=O) groups is 2. The normalized spacial score (nSPS) is 10.5. The minimum absolute atomic E-state index is 0.0508. The number of nitrogens with one attached hydrogen (secondary N) is 2. The monoisotopic (exact) mass is 461 g/mol. The van der Waals surface area contributed by atoms with Crippen molar-refractivity contribution in [2.75, 3.05) is 10.6 Å². The molecule has 9 heteroatoms. The van der Waals surface area contributed by atoms with Gasteiger partial charge in [0.2, 0.25) is 0 Å². The fourth-order valence-electron chi connectivity index (χ4n) is 3.05. The van der Waals surface area contributed by atoms with Crippen molar-refractivity contribution in [1.29, 1.82) is 0 Å². The van der Waals surface area contributed by atoms with Gasteiger partial charge in [0.05, 0.1) is 4.92 Å². The first-order valence-electron chi connectivity index (χ1n) is 9.72. The molecule has 0 aliphatic carbocycles. The Morgan fingerprint density at radius 3 is 2.15 bits per heavy atom. The summed E-state index contributed by atoms with van der Waals surface area (Å²) >= 11 is 5.91. The summed E-state index contributed by atoms with van der Waals surface area (Å²) in [5.74, 6) is -0.404. The molecular weight excluding hydrogens is 446 g/mol. The molecule has 1 heterocycles. The van der Waals surface area contributed by atoms with E-state index in [0.29, 0.717) is 33.3 Å². The summed E-state index contributed by atoms with van der Waals surface area (Å²) in [5.41, 5.74) is 1.88. The Bertz CT molecular complexity index is 1350. The highest BCUT2D eigenvalue weighted by Crippen LogP contribution is 2.26. The van der Waals surface area contributed by atoms with Crippen LogP contribution >= 0.6 is 11.6 Å². The molecule has 2 amide bonds. The minimum atomic E-state index is -0.499. The average Bonchev–Trinajstić information content (AvgIpc) is 3.31. The summed E-state index contributed by atoms with van der Waals surface area (Å²) in [7, 11) is 0. The smallest absolute Gasteiger partial charge is 0.291 e. The number of furan rings is 1. The zero-order valence-electron chi connectivity index (χ0n) is 16.9. The Balaban J connectivity index is 1.40. The molecule has 1 aromatic heterocycles. The Morgan fingerprint density at radius 2 is 1.48 bits per heavy atom. The predicted molar refractivity (Wildman–Crippen MR) is 125 cm³/mol. The lowest BCUT2D eigenvalue weighted by molar-refractivity contribution is -0.384. The van der Waals surface area contributed by atoms with Crippen LogP contribution in [0.4, 0.5) is 17.1 Å². The number of hydrogen-bond acceptors (Lipinski definition) is 5. The van der Waals surface area contributed by atoms with E-state index in [1.807, 2.05) is 0 Å². The van der Waals surface area contributed by atoms with E-state index >= 15 is 0 Å². The number of halogens is 1. The number of benzene rings is 3. The van der Waals surface area contributed by atoms with Crippen molar-refractivity contribution in [1.82, 2.24) is 0 Å². The van der Waals surface area contributed by atoms with Crippen LogP contribution in [0.3, 0.4) is 0 Å². The number of nitrogens with zero attached hydrogens (tertiary/aromatic N) is 1. The molecule has 3 aromatic carbocycles. The van der Waals surface area contributed by atoms with E-state index in [4.69, 9.17) is 16.0 Å². The molecule has 2 N–H and O–H groups in total. The molecule has 0 saturated carbocycles. The third-order valence-corrected chi connectivity index (χ3v) is 4.89. The highest BCUT2D eigenvalue weighted by molar-refractivity contribution is 6.31. The van der Waals surface area contributed by atoms with Crippen LogP contribution in [-0.2, 0) is 0 Å². The van der Waals surface area contributed by atoms with Crippen LogP contribution in [0.5, 0.6) is 0 Å². The molecule has 0 bridgehead atoms. The second-order valence-electron chi connectivity index (χ2n) is 6.97. The largest absolute Gasteiger partial charge is 0.451 e. The molecule has 0 spiro atoms. The van der Waals surface area contributed by atoms with E-state index in [-0.39, 0.29) is 17.4 Å². The first kappa shape index (κ1) is 21.8. The lowest BCUT2D eigenvalue weighted by Gasteiger charge is -2.08. The average molecular weight is 462 g/mol. The molecule has 33 heavy (non-hydrogen) atoms. The maximum atomic E-state index is 12.5. The zero-order chi connectivity index (χ0) is 23.4. The summed E-state index contributed by atoms with van der Waals surface area (Å²) in [6.45, 7) is 0. The van der Waals surface area contributed by atoms with Gasteiger partial charge in [-0.3, -0.25) is 19.7 Å². The summed E-state index contributed by atoms with van der Waals surface area (Å²) < 4.78 is 5.57. The third-order valence-electron chi connectivity index (χ3n) is 4.66. The van der Waals surface area contributed by atoms with Gasteiger partial charge in [-0.05, 0) is 54.6 Å². The number of hydrogen-bond donors (Lipinski definition) is 2. The summed E-state index contributed by atoms with van der Waals surface area (Å²) in [5, 5.41) is 16.9. The molecule has 0 unspecified atom stereocenters. The maximum absolute atomic E-state index is 12.5. The lowest BCUT2D eigenvalue weighted by atomic mass is 10.1. The van der Waals surface area contributed by atoms with E-state index in [1.54, 1.807) is 66.7 Å². The van der Waals surface area contributed by atoms with Crippen LogP contribution in [0, 0.1) is 10.1 Å². The summed E-state index contributed by atoms with van der Waals surface area (Å²) in [6, 6.07) is 22.2. The SMILES string of the molecule is O=C(Nc1ccc(NC(=O)c2ccc(-c3cccc([N+](=O)[O-])c3)o2)cc1)c1cccc(Cl)c1. The van der Waals surface area contributed by atoms with Gasteiger partial charge in [0.25, 0.3) is 17.5 Å². The van der Waals surface area contributed by atoms with Gasteiger partial charge < -0.3 is 15.1 Å². The van der Waals surface area contributed by atoms with Crippen LogP contribution in [0.2, 0.25) is 5.02 Å². The second kappa shape index (κ2) is 9.37. The minimum Gasteiger partial charge on any atom is -0.451 e. The van der Waals surface area contributed by atoms with Gasteiger partial charge in [-0.25, -0.2) is 0 Å². The van der Waals surface area contributed by atoms with Crippen molar-refractivity contribution in [3.8, 4) is 11.3 Å². The molecule has 164 valence electrons. The van der Waals surface area contributed by atoms with Gasteiger partial charge in [-0.15, -0.1) is 0 Å². The summed E-state index contributed by atoms with van der Waals surface area (Å²) in [4.78, 5) is 35.3. The van der Waals surface area contributed by atoms with Crippen LogP contribution in [0.25, 0.3) is 11.3 Å². The Labute approximate surface area is 193 Å². The van der Waals surface area contributed by atoms with Crippen molar-refractivity contribution in [3.05, 3.63) is 111 Å². The number of non-ortho nitro benzene ring substituents is 1. The second-order valence-corrected chi connectivity index (χ2v) is 7.40. The maximum Gasteiger partial charge on any atom is 0.291 e. The molecule has 0 aliphatic rings. The molecule has 0 aliphatic heterocycles. The number of nitro groups is 1. The van der Waals surface area contributed by atoms with E-state index in [1.165, 1.54) is 18.2 Å². The van der Waals surface area contributed by atoms with Gasteiger partial charge in [-0.1, -0.05) is 29.8 Å². The first-order chi connectivity index (χ1) is 15.9. The van der Waals surface area contributed by atoms with E-state index < -0.39 is 10.8 Å². The van der Waals surface area contributed by atoms with Crippen LogP contribution in [-0.4, -0.2) is 16.7 Å². The molecule has 0 atom stereocenters. The van der Waals surface area contributed by atoms with E-state index in [0.717, 1.165) is 0 Å². The van der Waals surface area contributed by atoms with Crippen molar-refractivity contribution in [3.63, 3.8) is 0 Å². The highest BCUT2D eigenvalue weighted by Gasteiger charge is 2.15. The standard InChI is InChI=1S/C24H16ClN3O5/c25-17-5-1-4-16(13-17)23(29)26-18-7-9-19(10-8-18)27-24(30)22-12-11-21(33-22)15-3-2-6-20(14-15)28(31)32/h1-14H,(H,26,29)(H,27,30). The van der Waals surface area contributed by atoms with Crippen molar-refractivity contribution >= 4 is 40.5 Å². The molecule has 4 rings (SSSR count). The van der Waals surface area contributed by atoms with Gasteiger partial charge in [0.15, 0.2) is 5.76 Å². The van der Waals surface area contributed by atoms with Crippen LogP contribution < -0.4 is 10.6 Å². The third kappa shape index (κ3) is 5.25. The van der Waals surface area contributed by atoms with Gasteiger partial charge >= 0.3 is 0 Å². The van der Waals surface area contributed by atoms with Gasteiger partial charge in [-0.2, -0.15) is 0 Å². The molecule has 8 nitrogen and oxygen atoms in total. The van der Waals surface area contributed by atoms with Crippen LogP contribution in [0.15, 0.2) is 89.3 Å². The van der Waals surface area contributed by atoms with Crippen molar-refractivity contribution in [2.45, 2.75) is 0 Å². The quantitative estimate of drug-likeness (QED) is 0.269. The Morgan fingerprint density at radius 1 is 0.818 bits per heavy atom. The lowest BCUT2D eigenvalue weighted by Crippen LogP contribution is -2.12. The Kier molecular flexibility index (Phi) is 6.19. The number of carbonyl (C=O) groups excluding carboxylic acids is 2. The number of anilines is 2.